The molecule has 0 spiro atoms. The van der Waals surface area contributed by atoms with Crippen LogP contribution in [0.15, 0.2) is 58.6 Å². The number of rotatable bonds is 6. The van der Waals surface area contributed by atoms with E-state index in [9.17, 15) is 13.2 Å². The van der Waals surface area contributed by atoms with Crippen LogP contribution in [0.4, 0.5) is 5.69 Å². The number of nitrogens with zero attached hydrogens (tertiary/aromatic N) is 4. The zero-order valence-electron chi connectivity index (χ0n) is 15.1. The van der Waals surface area contributed by atoms with Crippen LogP contribution in [-0.4, -0.2) is 39.8 Å². The summed E-state index contributed by atoms with van der Waals surface area (Å²) in [5.41, 5.74) is 2.37. The Morgan fingerprint density at radius 1 is 1.14 bits per heavy atom. The molecule has 3 aromatic rings. The maximum atomic E-state index is 12.5. The van der Waals surface area contributed by atoms with Gasteiger partial charge in [-0.15, -0.1) is 5.10 Å². The summed E-state index contributed by atoms with van der Waals surface area (Å²) in [6.45, 7) is 3.72. The van der Waals surface area contributed by atoms with Gasteiger partial charge < -0.3 is 5.32 Å². The number of tetrazole rings is 1. The normalized spacial score (nSPS) is 12.5. The molecule has 0 aliphatic carbocycles. The zero-order valence-corrected chi connectivity index (χ0v) is 16.7. The van der Waals surface area contributed by atoms with E-state index < -0.39 is 15.3 Å². The Kier molecular flexibility index (Phi) is 5.77. The van der Waals surface area contributed by atoms with Crippen LogP contribution in [0, 0.1) is 6.92 Å². The third kappa shape index (κ3) is 4.74. The molecule has 1 atom stereocenters. The standard InChI is InChI=1S/C17H18N6O3S2/c1-11-3-7-14(8-4-11)23-17(20-21-22-23)27-12(2)16(24)19-13-5-9-15(10-6-13)28(18,25)26/h3-10,12H,1-2H3,(H,19,24)(H2,18,25,26). The number of thioether (sulfide) groups is 1. The summed E-state index contributed by atoms with van der Waals surface area (Å²) in [6.07, 6.45) is 0. The molecule has 2 aromatic carbocycles. The average Bonchev–Trinajstić information content (AvgIpc) is 3.10. The molecule has 0 aliphatic rings. The lowest BCUT2D eigenvalue weighted by molar-refractivity contribution is -0.115. The van der Waals surface area contributed by atoms with Crippen LogP contribution in [-0.2, 0) is 14.8 Å². The lowest BCUT2D eigenvalue weighted by Gasteiger charge is -2.12. The maximum Gasteiger partial charge on any atom is 0.238 e. The summed E-state index contributed by atoms with van der Waals surface area (Å²) in [5, 5.41) is 19.4. The van der Waals surface area contributed by atoms with E-state index in [1.807, 2.05) is 31.2 Å². The van der Waals surface area contributed by atoms with Gasteiger partial charge in [0.15, 0.2) is 0 Å². The first-order valence-electron chi connectivity index (χ1n) is 8.20. The van der Waals surface area contributed by atoms with Crippen molar-refractivity contribution in [1.82, 2.24) is 20.2 Å². The molecule has 1 heterocycles. The van der Waals surface area contributed by atoms with Crippen LogP contribution in [0.3, 0.4) is 0 Å². The first-order chi connectivity index (χ1) is 13.2. The Balaban J connectivity index is 1.68. The van der Waals surface area contributed by atoms with E-state index in [0.29, 0.717) is 10.8 Å². The number of amides is 1. The van der Waals surface area contributed by atoms with Gasteiger partial charge >= 0.3 is 0 Å². The summed E-state index contributed by atoms with van der Waals surface area (Å²) in [7, 11) is -3.77. The lowest BCUT2D eigenvalue weighted by Crippen LogP contribution is -2.23. The number of carbonyl (C=O) groups is 1. The average molecular weight is 419 g/mol. The molecule has 0 aliphatic heterocycles. The molecule has 0 bridgehead atoms. The van der Waals surface area contributed by atoms with Crippen LogP contribution in [0.25, 0.3) is 5.69 Å². The summed E-state index contributed by atoms with van der Waals surface area (Å²) >= 11 is 1.21. The molecule has 0 fully saturated rings. The Bertz CT molecular complexity index is 1080. The minimum Gasteiger partial charge on any atom is -0.325 e. The fraction of sp³-hybridized carbons (Fsp3) is 0.176. The number of aromatic nitrogens is 4. The summed E-state index contributed by atoms with van der Waals surface area (Å²) in [5.74, 6) is -0.271. The summed E-state index contributed by atoms with van der Waals surface area (Å²) in [6, 6.07) is 13.3. The maximum absolute atomic E-state index is 12.5. The second-order valence-corrected chi connectivity index (χ2v) is 8.90. The second kappa shape index (κ2) is 8.09. The van der Waals surface area contributed by atoms with Gasteiger partial charge in [0, 0.05) is 5.69 Å². The van der Waals surface area contributed by atoms with Crippen LogP contribution < -0.4 is 10.5 Å². The van der Waals surface area contributed by atoms with Crippen molar-refractivity contribution in [2.45, 2.75) is 29.1 Å². The lowest BCUT2D eigenvalue weighted by atomic mass is 10.2. The number of carbonyl (C=O) groups excluding carboxylic acids is 1. The van der Waals surface area contributed by atoms with E-state index in [1.165, 1.54) is 36.0 Å². The number of benzene rings is 2. The van der Waals surface area contributed by atoms with Gasteiger partial charge in [-0.05, 0) is 60.7 Å². The van der Waals surface area contributed by atoms with E-state index in [-0.39, 0.29) is 10.8 Å². The van der Waals surface area contributed by atoms with Gasteiger partial charge in [-0.2, -0.15) is 4.68 Å². The Morgan fingerprint density at radius 2 is 1.79 bits per heavy atom. The molecule has 11 heteroatoms. The highest BCUT2D eigenvalue weighted by atomic mass is 32.2. The molecule has 3 N–H and O–H groups in total. The number of aryl methyl sites for hydroxylation is 1. The molecule has 1 amide bonds. The number of hydrogen-bond donors (Lipinski definition) is 2. The van der Waals surface area contributed by atoms with Crippen molar-refractivity contribution in [1.29, 1.82) is 0 Å². The van der Waals surface area contributed by atoms with Crippen molar-refractivity contribution < 1.29 is 13.2 Å². The first kappa shape index (κ1) is 20.0. The van der Waals surface area contributed by atoms with E-state index in [4.69, 9.17) is 5.14 Å². The number of sulfonamides is 1. The zero-order chi connectivity index (χ0) is 20.3. The Morgan fingerprint density at radius 3 is 2.39 bits per heavy atom. The molecular weight excluding hydrogens is 400 g/mol. The predicted molar refractivity (Wildman–Crippen MR) is 106 cm³/mol. The van der Waals surface area contributed by atoms with Crippen molar-refractivity contribution in [2.75, 3.05) is 5.32 Å². The number of hydrogen-bond acceptors (Lipinski definition) is 7. The summed E-state index contributed by atoms with van der Waals surface area (Å²) < 4.78 is 24.1. The van der Waals surface area contributed by atoms with E-state index in [1.54, 1.807) is 11.6 Å². The number of anilines is 1. The first-order valence-corrected chi connectivity index (χ1v) is 10.6. The molecule has 0 radical (unpaired) electrons. The molecular formula is C17H18N6O3S2. The SMILES string of the molecule is Cc1ccc(-n2nnnc2SC(C)C(=O)Nc2ccc(S(N)(=O)=O)cc2)cc1. The quantitative estimate of drug-likeness (QED) is 0.583. The van der Waals surface area contributed by atoms with E-state index >= 15 is 0 Å². The largest absolute Gasteiger partial charge is 0.325 e. The third-order valence-electron chi connectivity index (χ3n) is 3.82. The van der Waals surface area contributed by atoms with Gasteiger partial charge in [0.1, 0.15) is 0 Å². The van der Waals surface area contributed by atoms with Gasteiger partial charge in [-0.25, -0.2) is 13.6 Å². The van der Waals surface area contributed by atoms with Crippen molar-refractivity contribution in [3.63, 3.8) is 0 Å². The van der Waals surface area contributed by atoms with Gasteiger partial charge in [0.2, 0.25) is 21.1 Å². The minimum absolute atomic E-state index is 0.0230. The van der Waals surface area contributed by atoms with Crippen molar-refractivity contribution in [3.05, 3.63) is 54.1 Å². The van der Waals surface area contributed by atoms with E-state index in [0.717, 1.165) is 11.3 Å². The topological polar surface area (TPSA) is 133 Å². The molecule has 1 aromatic heterocycles. The van der Waals surface area contributed by atoms with Crippen LogP contribution in [0.1, 0.15) is 12.5 Å². The number of primary sulfonamides is 1. The highest BCUT2D eigenvalue weighted by Crippen LogP contribution is 2.24. The summed E-state index contributed by atoms with van der Waals surface area (Å²) in [4.78, 5) is 12.4. The number of nitrogens with one attached hydrogen (secondary N) is 1. The van der Waals surface area contributed by atoms with Crippen molar-refractivity contribution in [2.24, 2.45) is 5.14 Å². The molecule has 1 unspecified atom stereocenters. The predicted octanol–water partition coefficient (Wildman–Crippen LogP) is 1.74. The monoisotopic (exact) mass is 418 g/mol. The minimum atomic E-state index is -3.77. The fourth-order valence-electron chi connectivity index (χ4n) is 2.28. The van der Waals surface area contributed by atoms with Crippen LogP contribution >= 0.6 is 11.8 Å². The van der Waals surface area contributed by atoms with Crippen molar-refractivity contribution in [3.8, 4) is 5.69 Å². The van der Waals surface area contributed by atoms with Crippen molar-refractivity contribution >= 4 is 33.4 Å². The number of nitrogens with two attached hydrogens (primary N) is 1. The highest BCUT2D eigenvalue weighted by molar-refractivity contribution is 8.00. The van der Waals surface area contributed by atoms with Crippen LogP contribution in [0.2, 0.25) is 0 Å². The third-order valence-corrected chi connectivity index (χ3v) is 5.78. The smallest absolute Gasteiger partial charge is 0.238 e. The van der Waals surface area contributed by atoms with Gasteiger partial charge in [0.05, 0.1) is 15.8 Å². The Labute approximate surface area is 166 Å². The van der Waals surface area contributed by atoms with Gasteiger partial charge in [0.25, 0.3) is 0 Å². The van der Waals surface area contributed by atoms with Crippen LogP contribution in [0.5, 0.6) is 0 Å². The molecule has 146 valence electrons. The highest BCUT2D eigenvalue weighted by Gasteiger charge is 2.19. The van der Waals surface area contributed by atoms with Gasteiger partial charge in [-0.3, -0.25) is 4.79 Å². The van der Waals surface area contributed by atoms with E-state index in [2.05, 4.69) is 20.8 Å². The Hall–Kier alpha value is -2.76. The molecule has 0 saturated carbocycles. The molecule has 9 nitrogen and oxygen atoms in total. The molecule has 0 saturated heterocycles. The second-order valence-electron chi connectivity index (χ2n) is 6.03. The van der Waals surface area contributed by atoms with Gasteiger partial charge in [-0.1, -0.05) is 29.5 Å². The fourth-order valence-corrected chi connectivity index (χ4v) is 3.61. The molecule has 3 rings (SSSR count). The molecule has 28 heavy (non-hydrogen) atoms.